The Morgan fingerprint density at radius 1 is 1.00 bits per heavy atom. The van der Waals surface area contributed by atoms with Crippen LogP contribution in [-0.2, 0) is 6.42 Å². The molecule has 1 heterocycles. The highest BCUT2D eigenvalue weighted by molar-refractivity contribution is 5.84. The first kappa shape index (κ1) is 12.9. The molecule has 1 aliphatic heterocycles. The fourth-order valence-corrected chi connectivity index (χ4v) is 2.90. The molecular formula is C18H20N2. The number of aliphatic imine (C=N–C) groups is 1. The topological polar surface area (TPSA) is 15.6 Å². The summed E-state index contributed by atoms with van der Waals surface area (Å²) in [5.74, 6) is 1.07. The summed E-state index contributed by atoms with van der Waals surface area (Å²) < 4.78 is 0. The van der Waals surface area contributed by atoms with Crippen LogP contribution < -0.4 is 0 Å². The Morgan fingerprint density at radius 3 is 2.50 bits per heavy atom. The SMILES string of the molecule is CC1=Nc2ccccc2CC(c2ccccc2C)N1C. The maximum Gasteiger partial charge on any atom is 0.102 e. The Bertz CT molecular complexity index is 658. The largest absolute Gasteiger partial charge is 0.356 e. The van der Waals surface area contributed by atoms with Crippen LogP contribution in [0.1, 0.15) is 29.7 Å². The molecule has 0 N–H and O–H groups in total. The van der Waals surface area contributed by atoms with Crippen LogP contribution >= 0.6 is 0 Å². The van der Waals surface area contributed by atoms with Gasteiger partial charge in [-0.15, -0.1) is 0 Å². The van der Waals surface area contributed by atoms with Gasteiger partial charge in [-0.25, -0.2) is 4.99 Å². The summed E-state index contributed by atoms with van der Waals surface area (Å²) in [6.45, 7) is 4.28. The van der Waals surface area contributed by atoms with Gasteiger partial charge in [-0.2, -0.15) is 0 Å². The summed E-state index contributed by atoms with van der Waals surface area (Å²) in [5, 5.41) is 0. The Kier molecular flexibility index (Phi) is 3.31. The van der Waals surface area contributed by atoms with Gasteiger partial charge in [-0.1, -0.05) is 42.5 Å². The number of fused-ring (bicyclic) bond motifs is 1. The molecule has 0 aliphatic carbocycles. The Labute approximate surface area is 120 Å². The molecule has 0 radical (unpaired) electrons. The average molecular weight is 264 g/mol. The van der Waals surface area contributed by atoms with Gasteiger partial charge >= 0.3 is 0 Å². The molecule has 1 atom stereocenters. The second-order valence-electron chi connectivity index (χ2n) is 5.48. The maximum atomic E-state index is 4.77. The predicted octanol–water partition coefficient (Wildman–Crippen LogP) is 4.27. The van der Waals surface area contributed by atoms with Crippen LogP contribution in [0.2, 0.25) is 0 Å². The van der Waals surface area contributed by atoms with E-state index in [2.05, 4.69) is 74.3 Å². The first-order valence-corrected chi connectivity index (χ1v) is 7.08. The second-order valence-corrected chi connectivity index (χ2v) is 5.48. The smallest absolute Gasteiger partial charge is 0.102 e. The normalized spacial score (nSPS) is 18.2. The second kappa shape index (κ2) is 5.12. The van der Waals surface area contributed by atoms with E-state index in [1.54, 1.807) is 0 Å². The molecule has 20 heavy (non-hydrogen) atoms. The number of amidine groups is 1. The van der Waals surface area contributed by atoms with E-state index in [1.165, 1.54) is 16.7 Å². The number of nitrogens with zero attached hydrogens (tertiary/aromatic N) is 2. The monoisotopic (exact) mass is 264 g/mol. The van der Waals surface area contributed by atoms with Gasteiger partial charge in [-0.3, -0.25) is 0 Å². The molecule has 0 bridgehead atoms. The zero-order chi connectivity index (χ0) is 14.1. The number of hydrogen-bond acceptors (Lipinski definition) is 2. The van der Waals surface area contributed by atoms with E-state index < -0.39 is 0 Å². The highest BCUT2D eigenvalue weighted by Crippen LogP contribution is 2.33. The summed E-state index contributed by atoms with van der Waals surface area (Å²) >= 11 is 0. The van der Waals surface area contributed by atoms with E-state index >= 15 is 0 Å². The standard InChI is InChI=1S/C18H20N2/c1-13-8-4-6-10-16(13)18-12-15-9-5-7-11-17(15)19-14(2)20(18)3/h4-11,18H,12H2,1-3H3. The van der Waals surface area contributed by atoms with Gasteiger partial charge in [0, 0.05) is 7.05 Å². The number of benzene rings is 2. The van der Waals surface area contributed by atoms with Crippen molar-refractivity contribution in [3.63, 3.8) is 0 Å². The van der Waals surface area contributed by atoms with Crippen molar-refractivity contribution in [2.24, 2.45) is 4.99 Å². The van der Waals surface area contributed by atoms with E-state index in [0.29, 0.717) is 6.04 Å². The van der Waals surface area contributed by atoms with E-state index in [0.717, 1.165) is 17.9 Å². The van der Waals surface area contributed by atoms with Gasteiger partial charge < -0.3 is 4.90 Å². The van der Waals surface area contributed by atoms with Crippen molar-refractivity contribution in [2.45, 2.75) is 26.3 Å². The lowest BCUT2D eigenvalue weighted by molar-refractivity contribution is 0.373. The highest BCUT2D eigenvalue weighted by atomic mass is 15.2. The van der Waals surface area contributed by atoms with E-state index in [-0.39, 0.29) is 0 Å². The highest BCUT2D eigenvalue weighted by Gasteiger charge is 2.24. The number of aryl methyl sites for hydroxylation is 1. The third-order valence-electron chi connectivity index (χ3n) is 4.21. The summed E-state index contributed by atoms with van der Waals surface area (Å²) in [6.07, 6.45) is 0.998. The minimum Gasteiger partial charge on any atom is -0.356 e. The minimum absolute atomic E-state index is 0.351. The lowest BCUT2D eigenvalue weighted by atomic mass is 9.94. The Morgan fingerprint density at radius 2 is 1.70 bits per heavy atom. The third kappa shape index (κ3) is 2.22. The molecule has 2 heteroatoms. The van der Waals surface area contributed by atoms with Crippen molar-refractivity contribution >= 4 is 11.5 Å². The van der Waals surface area contributed by atoms with Crippen molar-refractivity contribution in [3.05, 3.63) is 65.2 Å². The Balaban J connectivity index is 2.10. The van der Waals surface area contributed by atoms with Gasteiger partial charge in [0.15, 0.2) is 0 Å². The minimum atomic E-state index is 0.351. The first-order valence-electron chi connectivity index (χ1n) is 7.08. The lowest BCUT2D eigenvalue weighted by Crippen LogP contribution is -2.30. The fraction of sp³-hybridized carbons (Fsp3) is 0.278. The molecule has 2 aromatic rings. The molecular weight excluding hydrogens is 244 g/mol. The molecule has 102 valence electrons. The molecule has 0 saturated heterocycles. The number of likely N-dealkylation sites (N-methyl/N-ethyl adjacent to an activating group) is 1. The molecule has 0 spiro atoms. The van der Waals surface area contributed by atoms with Crippen LogP contribution in [0.3, 0.4) is 0 Å². The molecule has 2 aromatic carbocycles. The Hall–Kier alpha value is -2.09. The lowest BCUT2D eigenvalue weighted by Gasteiger charge is -2.29. The molecule has 3 rings (SSSR count). The molecule has 1 aliphatic rings. The van der Waals surface area contributed by atoms with E-state index in [9.17, 15) is 0 Å². The van der Waals surface area contributed by atoms with Gasteiger partial charge in [0.1, 0.15) is 5.84 Å². The molecule has 0 aromatic heterocycles. The van der Waals surface area contributed by atoms with E-state index in [1.807, 2.05) is 0 Å². The summed E-state index contributed by atoms with van der Waals surface area (Å²) in [7, 11) is 2.14. The first-order chi connectivity index (χ1) is 9.66. The van der Waals surface area contributed by atoms with Crippen molar-refractivity contribution < 1.29 is 0 Å². The van der Waals surface area contributed by atoms with Gasteiger partial charge in [0.2, 0.25) is 0 Å². The van der Waals surface area contributed by atoms with Gasteiger partial charge in [0.25, 0.3) is 0 Å². The van der Waals surface area contributed by atoms with Crippen LogP contribution in [0.4, 0.5) is 5.69 Å². The fourth-order valence-electron chi connectivity index (χ4n) is 2.90. The predicted molar refractivity (Wildman–Crippen MR) is 84.6 cm³/mol. The molecule has 0 saturated carbocycles. The van der Waals surface area contributed by atoms with Crippen molar-refractivity contribution in [3.8, 4) is 0 Å². The van der Waals surface area contributed by atoms with Crippen molar-refractivity contribution in [1.29, 1.82) is 0 Å². The van der Waals surface area contributed by atoms with Crippen molar-refractivity contribution in [1.82, 2.24) is 4.90 Å². The van der Waals surface area contributed by atoms with Crippen LogP contribution in [0.5, 0.6) is 0 Å². The quantitative estimate of drug-likeness (QED) is 0.751. The third-order valence-corrected chi connectivity index (χ3v) is 4.21. The zero-order valence-electron chi connectivity index (χ0n) is 12.3. The maximum absolute atomic E-state index is 4.77. The summed E-state index contributed by atoms with van der Waals surface area (Å²) in [6, 6.07) is 17.5. The molecule has 0 amide bonds. The zero-order valence-corrected chi connectivity index (χ0v) is 12.3. The van der Waals surface area contributed by atoms with E-state index in [4.69, 9.17) is 4.99 Å². The van der Waals surface area contributed by atoms with Gasteiger partial charge in [-0.05, 0) is 43.0 Å². The average Bonchev–Trinajstić information content (AvgIpc) is 2.58. The number of para-hydroxylation sites is 1. The molecule has 1 unspecified atom stereocenters. The van der Waals surface area contributed by atoms with Crippen molar-refractivity contribution in [2.75, 3.05) is 7.05 Å². The summed E-state index contributed by atoms with van der Waals surface area (Å²) in [4.78, 5) is 7.06. The number of rotatable bonds is 1. The number of hydrogen-bond donors (Lipinski definition) is 0. The molecule has 0 fully saturated rings. The van der Waals surface area contributed by atoms with Gasteiger partial charge in [0.05, 0.1) is 11.7 Å². The van der Waals surface area contributed by atoms with Crippen LogP contribution in [-0.4, -0.2) is 17.8 Å². The van der Waals surface area contributed by atoms with Crippen LogP contribution in [0.25, 0.3) is 0 Å². The molecule has 2 nitrogen and oxygen atoms in total. The van der Waals surface area contributed by atoms with Crippen LogP contribution in [0, 0.1) is 6.92 Å². The van der Waals surface area contributed by atoms with Crippen LogP contribution in [0.15, 0.2) is 53.5 Å². The summed E-state index contributed by atoms with van der Waals surface area (Å²) in [5.41, 5.74) is 5.16.